The molecule has 0 saturated heterocycles. The van der Waals surface area contributed by atoms with Crippen molar-refractivity contribution in [3.8, 4) is 0 Å². The zero-order valence-corrected chi connectivity index (χ0v) is 10.2. The lowest BCUT2D eigenvalue weighted by Gasteiger charge is -2.10. The van der Waals surface area contributed by atoms with Crippen molar-refractivity contribution in [2.24, 2.45) is 0 Å². The van der Waals surface area contributed by atoms with E-state index in [4.69, 9.17) is 0 Å². The fraction of sp³-hybridized carbons (Fsp3) is 0.400. The Morgan fingerprint density at radius 1 is 0.857 bits per heavy atom. The first-order valence-electron chi connectivity index (χ1n) is 4.45. The third-order valence-electron chi connectivity index (χ3n) is 1.66. The minimum absolute atomic E-state index is 0. The van der Waals surface area contributed by atoms with Crippen molar-refractivity contribution >= 4 is 36.2 Å². The molecule has 1 rings (SSSR count). The van der Waals surface area contributed by atoms with E-state index in [2.05, 4.69) is 36.6 Å². The molecule has 14 heavy (non-hydrogen) atoms. The van der Waals surface area contributed by atoms with Gasteiger partial charge >= 0.3 is 0 Å². The van der Waals surface area contributed by atoms with Crippen LogP contribution >= 0.6 is 24.8 Å². The summed E-state index contributed by atoms with van der Waals surface area (Å²) in [5, 5.41) is 6.60. The SMILES string of the molecule is CCNc1ccccc1NCC.Cl.Cl. The molecule has 1 aromatic carbocycles. The summed E-state index contributed by atoms with van der Waals surface area (Å²) in [4.78, 5) is 0. The Labute approximate surface area is 98.3 Å². The number of anilines is 2. The Bertz CT molecular complexity index is 216. The van der Waals surface area contributed by atoms with Crippen LogP contribution in [0.4, 0.5) is 11.4 Å². The van der Waals surface area contributed by atoms with E-state index < -0.39 is 0 Å². The quantitative estimate of drug-likeness (QED) is 0.838. The van der Waals surface area contributed by atoms with Gasteiger partial charge in [-0.3, -0.25) is 0 Å². The van der Waals surface area contributed by atoms with Crippen LogP contribution in [-0.4, -0.2) is 13.1 Å². The largest absolute Gasteiger partial charge is 0.384 e. The second-order valence-electron chi connectivity index (χ2n) is 2.61. The van der Waals surface area contributed by atoms with Crippen molar-refractivity contribution < 1.29 is 0 Å². The van der Waals surface area contributed by atoms with Gasteiger partial charge in [0.15, 0.2) is 0 Å². The zero-order chi connectivity index (χ0) is 8.81. The molecule has 2 N–H and O–H groups in total. The van der Waals surface area contributed by atoms with Gasteiger partial charge < -0.3 is 10.6 Å². The maximum atomic E-state index is 3.30. The first kappa shape index (κ1) is 15.9. The molecule has 0 aliphatic heterocycles. The Balaban J connectivity index is 0. The van der Waals surface area contributed by atoms with Crippen LogP contribution < -0.4 is 10.6 Å². The predicted molar refractivity (Wildman–Crippen MR) is 69.3 cm³/mol. The van der Waals surface area contributed by atoms with Crippen LogP contribution in [0.2, 0.25) is 0 Å². The lowest BCUT2D eigenvalue weighted by Crippen LogP contribution is -2.03. The maximum Gasteiger partial charge on any atom is 0.0575 e. The highest BCUT2D eigenvalue weighted by atomic mass is 35.5. The molecular formula is C10H18Cl2N2. The van der Waals surface area contributed by atoms with E-state index in [1.807, 2.05) is 12.1 Å². The highest BCUT2D eigenvalue weighted by molar-refractivity contribution is 5.85. The summed E-state index contributed by atoms with van der Waals surface area (Å²) in [6.45, 7) is 6.12. The van der Waals surface area contributed by atoms with E-state index in [9.17, 15) is 0 Å². The molecule has 0 radical (unpaired) electrons. The van der Waals surface area contributed by atoms with Gasteiger partial charge in [-0.05, 0) is 26.0 Å². The molecule has 0 aliphatic carbocycles. The molecular weight excluding hydrogens is 219 g/mol. The van der Waals surface area contributed by atoms with Crippen LogP contribution in [-0.2, 0) is 0 Å². The normalized spacial score (nSPS) is 8.14. The maximum absolute atomic E-state index is 3.30. The molecule has 82 valence electrons. The molecule has 0 fully saturated rings. The standard InChI is InChI=1S/C10H16N2.2ClH/c1-3-11-9-7-5-6-8-10(9)12-4-2;;/h5-8,11-12H,3-4H2,1-2H3;2*1H. The number of halogens is 2. The van der Waals surface area contributed by atoms with E-state index in [0.717, 1.165) is 13.1 Å². The molecule has 0 bridgehead atoms. The summed E-state index contributed by atoms with van der Waals surface area (Å²) in [5.41, 5.74) is 2.36. The monoisotopic (exact) mass is 236 g/mol. The van der Waals surface area contributed by atoms with Crippen molar-refractivity contribution in [2.75, 3.05) is 23.7 Å². The number of hydrogen-bond donors (Lipinski definition) is 2. The third kappa shape index (κ3) is 4.58. The van der Waals surface area contributed by atoms with E-state index in [1.54, 1.807) is 0 Å². The van der Waals surface area contributed by atoms with Crippen molar-refractivity contribution in [3.05, 3.63) is 24.3 Å². The molecule has 0 atom stereocenters. The van der Waals surface area contributed by atoms with Crippen molar-refractivity contribution in [2.45, 2.75) is 13.8 Å². The van der Waals surface area contributed by atoms with Gasteiger partial charge in [0.2, 0.25) is 0 Å². The van der Waals surface area contributed by atoms with E-state index in [1.165, 1.54) is 11.4 Å². The smallest absolute Gasteiger partial charge is 0.0575 e. The number of nitrogens with one attached hydrogen (secondary N) is 2. The molecule has 0 unspecified atom stereocenters. The van der Waals surface area contributed by atoms with E-state index in [0.29, 0.717) is 0 Å². The molecule has 2 nitrogen and oxygen atoms in total. The summed E-state index contributed by atoms with van der Waals surface area (Å²) < 4.78 is 0. The first-order chi connectivity index (χ1) is 5.88. The summed E-state index contributed by atoms with van der Waals surface area (Å²) in [6, 6.07) is 8.25. The lowest BCUT2D eigenvalue weighted by atomic mass is 10.2. The molecule has 1 aromatic rings. The molecule has 0 heterocycles. The van der Waals surface area contributed by atoms with E-state index >= 15 is 0 Å². The van der Waals surface area contributed by atoms with Gasteiger partial charge in [0.1, 0.15) is 0 Å². The fourth-order valence-electron chi connectivity index (χ4n) is 1.17. The fourth-order valence-corrected chi connectivity index (χ4v) is 1.17. The Morgan fingerprint density at radius 2 is 1.21 bits per heavy atom. The van der Waals surface area contributed by atoms with Crippen LogP contribution in [0.25, 0.3) is 0 Å². The molecule has 0 aliphatic rings. The summed E-state index contributed by atoms with van der Waals surface area (Å²) in [5.74, 6) is 0. The minimum atomic E-state index is 0. The second kappa shape index (κ2) is 8.97. The summed E-state index contributed by atoms with van der Waals surface area (Å²) in [6.07, 6.45) is 0. The van der Waals surface area contributed by atoms with Crippen molar-refractivity contribution in [1.82, 2.24) is 0 Å². The summed E-state index contributed by atoms with van der Waals surface area (Å²) in [7, 11) is 0. The highest BCUT2D eigenvalue weighted by Crippen LogP contribution is 2.19. The average Bonchev–Trinajstić information content (AvgIpc) is 2.09. The Kier molecular flexibility index (Phi) is 10.2. The second-order valence-corrected chi connectivity index (χ2v) is 2.61. The molecule has 4 heteroatoms. The van der Waals surface area contributed by atoms with Crippen molar-refractivity contribution in [3.63, 3.8) is 0 Å². The van der Waals surface area contributed by atoms with Crippen LogP contribution in [0.1, 0.15) is 13.8 Å². The van der Waals surface area contributed by atoms with Gasteiger partial charge in [-0.1, -0.05) is 12.1 Å². The predicted octanol–water partition coefficient (Wildman–Crippen LogP) is 3.39. The summed E-state index contributed by atoms with van der Waals surface area (Å²) >= 11 is 0. The first-order valence-corrected chi connectivity index (χ1v) is 4.45. The number of benzene rings is 1. The van der Waals surface area contributed by atoms with Gasteiger partial charge in [-0.15, -0.1) is 24.8 Å². The van der Waals surface area contributed by atoms with Gasteiger partial charge in [0, 0.05) is 13.1 Å². The zero-order valence-electron chi connectivity index (χ0n) is 8.54. The molecule has 0 spiro atoms. The minimum Gasteiger partial charge on any atom is -0.384 e. The highest BCUT2D eigenvalue weighted by Gasteiger charge is 1.96. The Hall–Kier alpha value is -0.600. The average molecular weight is 237 g/mol. The van der Waals surface area contributed by atoms with Gasteiger partial charge in [0.25, 0.3) is 0 Å². The molecule has 0 saturated carbocycles. The molecule has 0 amide bonds. The Morgan fingerprint density at radius 3 is 1.50 bits per heavy atom. The van der Waals surface area contributed by atoms with Crippen LogP contribution in [0.15, 0.2) is 24.3 Å². The van der Waals surface area contributed by atoms with Crippen LogP contribution in [0, 0.1) is 0 Å². The van der Waals surface area contributed by atoms with Gasteiger partial charge in [0.05, 0.1) is 11.4 Å². The lowest BCUT2D eigenvalue weighted by molar-refractivity contribution is 1.18. The number of para-hydroxylation sites is 2. The third-order valence-corrected chi connectivity index (χ3v) is 1.66. The van der Waals surface area contributed by atoms with Crippen molar-refractivity contribution in [1.29, 1.82) is 0 Å². The van der Waals surface area contributed by atoms with Gasteiger partial charge in [-0.2, -0.15) is 0 Å². The molecule has 0 aromatic heterocycles. The topological polar surface area (TPSA) is 24.1 Å². The van der Waals surface area contributed by atoms with Crippen LogP contribution in [0.3, 0.4) is 0 Å². The van der Waals surface area contributed by atoms with E-state index in [-0.39, 0.29) is 24.8 Å². The number of hydrogen-bond acceptors (Lipinski definition) is 2. The number of rotatable bonds is 4. The van der Waals surface area contributed by atoms with Gasteiger partial charge in [-0.25, -0.2) is 0 Å². The van der Waals surface area contributed by atoms with Crippen LogP contribution in [0.5, 0.6) is 0 Å².